The van der Waals surface area contributed by atoms with E-state index in [4.69, 9.17) is 19.7 Å². The summed E-state index contributed by atoms with van der Waals surface area (Å²) >= 11 is 0. The normalized spacial score (nSPS) is 10.9. The summed E-state index contributed by atoms with van der Waals surface area (Å²) in [7, 11) is 0. The highest BCUT2D eigenvalue weighted by Crippen LogP contribution is 2.18. The van der Waals surface area contributed by atoms with E-state index in [1.807, 2.05) is 85.8 Å². The van der Waals surface area contributed by atoms with Gasteiger partial charge < -0.3 is 19.7 Å². The summed E-state index contributed by atoms with van der Waals surface area (Å²) in [6.07, 6.45) is 6.25. The Morgan fingerprint density at radius 3 is 1.81 bits per heavy atom. The van der Waals surface area contributed by atoms with Crippen LogP contribution in [0.4, 0.5) is 0 Å². The van der Waals surface area contributed by atoms with Crippen LogP contribution in [0.5, 0.6) is 11.5 Å². The monoisotopic (exact) mass is 488 g/mol. The van der Waals surface area contributed by atoms with Crippen LogP contribution in [0.25, 0.3) is 6.08 Å². The molecular weight excluding hydrogens is 456 g/mol. The lowest BCUT2D eigenvalue weighted by molar-refractivity contribution is -0.133. The van der Waals surface area contributed by atoms with Crippen molar-refractivity contribution in [1.29, 1.82) is 0 Å². The van der Waals surface area contributed by atoms with Crippen molar-refractivity contribution in [2.45, 2.75) is 39.9 Å². The Bertz CT molecular complexity index is 1130. The maximum Gasteiger partial charge on any atom is 0.330 e. The molecule has 0 radical (unpaired) electrons. The van der Waals surface area contributed by atoms with Gasteiger partial charge in [-0.25, -0.2) is 9.59 Å². The van der Waals surface area contributed by atoms with Crippen molar-refractivity contribution in [1.82, 2.24) is 0 Å². The van der Waals surface area contributed by atoms with Crippen molar-refractivity contribution >= 4 is 18.0 Å². The molecule has 0 aliphatic rings. The van der Waals surface area contributed by atoms with Crippen molar-refractivity contribution in [3.8, 4) is 11.5 Å². The second kappa shape index (κ2) is 15.6. The fraction of sp³-hybridized carbons (Fsp3) is 0.200. The molecular formula is C30H32O6. The molecule has 0 bridgehead atoms. The fourth-order valence-electron chi connectivity index (χ4n) is 2.88. The molecule has 0 heterocycles. The second-order valence-corrected chi connectivity index (χ2v) is 7.93. The van der Waals surface area contributed by atoms with Crippen LogP contribution in [0.15, 0.2) is 96.6 Å². The number of benzene rings is 3. The van der Waals surface area contributed by atoms with Gasteiger partial charge >= 0.3 is 11.9 Å². The smallest absolute Gasteiger partial charge is 0.330 e. The summed E-state index contributed by atoms with van der Waals surface area (Å²) in [4.78, 5) is 20.7. The van der Waals surface area contributed by atoms with Gasteiger partial charge in [0.15, 0.2) is 0 Å². The quantitative estimate of drug-likeness (QED) is 0.290. The zero-order valence-electron chi connectivity index (χ0n) is 20.6. The van der Waals surface area contributed by atoms with E-state index in [0.717, 1.165) is 47.1 Å². The summed E-state index contributed by atoms with van der Waals surface area (Å²) < 4.78 is 11.5. The van der Waals surface area contributed by atoms with Crippen LogP contribution < -0.4 is 9.47 Å². The van der Waals surface area contributed by atoms with E-state index in [9.17, 15) is 9.59 Å². The molecule has 0 saturated heterocycles. The first-order valence-corrected chi connectivity index (χ1v) is 11.7. The zero-order chi connectivity index (χ0) is 26.2. The molecule has 0 fully saturated rings. The predicted molar refractivity (Wildman–Crippen MR) is 141 cm³/mol. The minimum Gasteiger partial charge on any atom is -0.489 e. The van der Waals surface area contributed by atoms with E-state index < -0.39 is 11.9 Å². The third kappa shape index (κ3) is 11.2. The van der Waals surface area contributed by atoms with Gasteiger partial charge in [0.25, 0.3) is 0 Å². The van der Waals surface area contributed by atoms with Crippen LogP contribution in [0, 0.1) is 0 Å². The summed E-state index contributed by atoms with van der Waals surface area (Å²) in [5.41, 5.74) is 3.42. The van der Waals surface area contributed by atoms with Crippen LogP contribution in [-0.2, 0) is 22.8 Å². The zero-order valence-corrected chi connectivity index (χ0v) is 20.6. The highest BCUT2D eigenvalue weighted by atomic mass is 16.5. The molecule has 0 spiro atoms. The Morgan fingerprint density at radius 2 is 1.31 bits per heavy atom. The summed E-state index contributed by atoms with van der Waals surface area (Å²) in [6.45, 7) is 4.62. The van der Waals surface area contributed by atoms with Crippen LogP contribution in [0.1, 0.15) is 43.4 Å². The van der Waals surface area contributed by atoms with Crippen molar-refractivity contribution in [3.05, 3.63) is 113 Å². The largest absolute Gasteiger partial charge is 0.489 e. The summed E-state index contributed by atoms with van der Waals surface area (Å²) in [5.74, 6) is -0.237. The molecule has 0 saturated carbocycles. The summed E-state index contributed by atoms with van der Waals surface area (Å²) in [5, 5.41) is 17.0. The molecule has 3 aromatic rings. The topological polar surface area (TPSA) is 93.1 Å². The number of allylic oxidation sites excluding steroid dienone is 1. The van der Waals surface area contributed by atoms with E-state index in [2.05, 4.69) is 0 Å². The minimum absolute atomic E-state index is 0.442. The Kier molecular flexibility index (Phi) is 12.1. The van der Waals surface area contributed by atoms with Gasteiger partial charge in [0.05, 0.1) is 0 Å². The number of carboxylic acids is 2. The Morgan fingerprint density at radius 1 is 0.778 bits per heavy atom. The molecule has 0 amide bonds. The molecule has 3 aromatic carbocycles. The van der Waals surface area contributed by atoms with Crippen molar-refractivity contribution in [2.24, 2.45) is 0 Å². The first kappa shape index (κ1) is 27.9. The van der Waals surface area contributed by atoms with E-state index in [1.54, 1.807) is 19.1 Å². The van der Waals surface area contributed by atoms with Crippen molar-refractivity contribution in [2.75, 3.05) is 0 Å². The van der Waals surface area contributed by atoms with Crippen LogP contribution in [0.2, 0.25) is 0 Å². The Balaban J connectivity index is 0.000000434. The van der Waals surface area contributed by atoms with Gasteiger partial charge in [-0.1, -0.05) is 74.0 Å². The van der Waals surface area contributed by atoms with Gasteiger partial charge in [-0.15, -0.1) is 0 Å². The highest BCUT2D eigenvalue weighted by Gasteiger charge is 2.00. The SMILES string of the molecule is CCCC=C(C)C(=O)O.O=C(O)C=Cc1ccc(OCc2ccc(OCc3ccccc3)cc2)cc1. The summed E-state index contributed by atoms with van der Waals surface area (Å²) in [6, 6.07) is 25.1. The molecule has 0 unspecified atom stereocenters. The lowest BCUT2D eigenvalue weighted by Crippen LogP contribution is -1.97. The third-order valence-electron chi connectivity index (χ3n) is 4.95. The fourth-order valence-corrected chi connectivity index (χ4v) is 2.88. The third-order valence-corrected chi connectivity index (χ3v) is 4.95. The average molecular weight is 489 g/mol. The van der Waals surface area contributed by atoms with Gasteiger partial charge in [-0.3, -0.25) is 0 Å². The van der Waals surface area contributed by atoms with Crippen LogP contribution >= 0.6 is 0 Å². The molecule has 0 aromatic heterocycles. The first-order valence-electron chi connectivity index (χ1n) is 11.7. The standard InChI is InChI=1S/C23H20O4.C7H12O2/c24-23(25)15-10-18-6-11-21(12-7-18)27-17-20-8-13-22(14-9-20)26-16-19-4-2-1-3-5-19;1-3-4-5-6(2)7(8)9/h1-15H,16-17H2,(H,24,25);5H,3-4H2,1-2H3,(H,8,9). The Hall–Kier alpha value is -4.32. The molecule has 3 rings (SSSR count). The van der Waals surface area contributed by atoms with E-state index in [0.29, 0.717) is 18.8 Å². The lowest BCUT2D eigenvalue weighted by atomic mass is 10.2. The molecule has 6 heteroatoms. The molecule has 0 aliphatic carbocycles. The maximum absolute atomic E-state index is 10.5. The second-order valence-electron chi connectivity index (χ2n) is 7.93. The number of aliphatic carboxylic acids is 2. The number of carboxylic acid groups (broad SMARTS) is 2. The van der Waals surface area contributed by atoms with E-state index >= 15 is 0 Å². The molecule has 188 valence electrons. The highest BCUT2D eigenvalue weighted by molar-refractivity contribution is 5.85. The Labute approximate surface area is 212 Å². The van der Waals surface area contributed by atoms with Gasteiger partial charge in [0.1, 0.15) is 24.7 Å². The molecule has 0 atom stereocenters. The van der Waals surface area contributed by atoms with Crippen LogP contribution in [-0.4, -0.2) is 22.2 Å². The van der Waals surface area contributed by atoms with Gasteiger partial charge in [0, 0.05) is 11.6 Å². The minimum atomic E-state index is -0.966. The van der Waals surface area contributed by atoms with Crippen LogP contribution in [0.3, 0.4) is 0 Å². The number of unbranched alkanes of at least 4 members (excludes halogenated alkanes) is 1. The van der Waals surface area contributed by atoms with E-state index in [-0.39, 0.29) is 0 Å². The molecule has 36 heavy (non-hydrogen) atoms. The van der Waals surface area contributed by atoms with Gasteiger partial charge in [-0.05, 0) is 60.4 Å². The maximum atomic E-state index is 10.5. The van der Waals surface area contributed by atoms with Crippen molar-refractivity contribution < 1.29 is 29.3 Å². The predicted octanol–water partition coefficient (Wildman–Crippen LogP) is 6.76. The number of hydrogen-bond acceptors (Lipinski definition) is 4. The lowest BCUT2D eigenvalue weighted by Gasteiger charge is -2.09. The number of rotatable bonds is 11. The molecule has 6 nitrogen and oxygen atoms in total. The van der Waals surface area contributed by atoms with Crippen molar-refractivity contribution in [3.63, 3.8) is 0 Å². The number of carbonyl (C=O) groups is 2. The number of hydrogen-bond donors (Lipinski definition) is 2. The van der Waals surface area contributed by atoms with Gasteiger partial charge in [-0.2, -0.15) is 0 Å². The van der Waals surface area contributed by atoms with E-state index in [1.165, 1.54) is 0 Å². The average Bonchev–Trinajstić information content (AvgIpc) is 2.90. The molecule has 0 aliphatic heterocycles. The number of ether oxygens (including phenoxy) is 2. The molecule has 2 N–H and O–H groups in total. The first-order chi connectivity index (χ1) is 17.4. The van der Waals surface area contributed by atoms with Gasteiger partial charge in [0.2, 0.25) is 0 Å².